The molecule has 0 amide bonds. The van der Waals surface area contributed by atoms with Crippen molar-refractivity contribution in [1.29, 1.82) is 0 Å². The van der Waals surface area contributed by atoms with Crippen molar-refractivity contribution in [3.63, 3.8) is 0 Å². The van der Waals surface area contributed by atoms with Crippen molar-refractivity contribution in [2.75, 3.05) is 13.2 Å². The van der Waals surface area contributed by atoms with Gasteiger partial charge in [-0.05, 0) is 30.4 Å². The lowest BCUT2D eigenvalue weighted by molar-refractivity contribution is 0.261. The molecule has 1 aromatic rings. The van der Waals surface area contributed by atoms with Crippen molar-refractivity contribution in [3.05, 3.63) is 35.4 Å². The van der Waals surface area contributed by atoms with E-state index in [4.69, 9.17) is 11.0 Å². The van der Waals surface area contributed by atoms with Gasteiger partial charge in [-0.25, -0.2) is 4.18 Å². The molecule has 0 saturated heterocycles. The van der Waals surface area contributed by atoms with Crippen LogP contribution in [0.5, 0.6) is 0 Å². The van der Waals surface area contributed by atoms with Gasteiger partial charge in [-0.1, -0.05) is 94.9 Å². The van der Waals surface area contributed by atoms with Gasteiger partial charge in [0.15, 0.2) is 0 Å². The third-order valence-electron chi connectivity index (χ3n) is 5.31. The molecule has 0 bridgehead atoms. The molecule has 0 unspecified atom stereocenters. The summed E-state index contributed by atoms with van der Waals surface area (Å²) in [6.45, 7) is 2.98. The molecule has 0 aliphatic heterocycles. The Kier molecular flexibility index (Phi) is 14.5. The quantitative estimate of drug-likeness (QED) is 0.224. The monoisotopic (exact) mass is 437 g/mol. The molecule has 0 aromatic heterocycles. The summed E-state index contributed by atoms with van der Waals surface area (Å²) >= 11 is 0. The normalized spacial score (nSPS) is 15.2. The van der Waals surface area contributed by atoms with Gasteiger partial charge in [0.2, 0.25) is 0 Å². The van der Waals surface area contributed by atoms with Crippen LogP contribution in [0.3, 0.4) is 0 Å². The minimum atomic E-state index is -4.23. The summed E-state index contributed by atoms with van der Waals surface area (Å²) in [5, 5.41) is 3.35. The number of hydrogen-bond acceptors (Lipinski definition) is 4. The van der Waals surface area contributed by atoms with E-state index in [1.54, 1.807) is 0 Å². The van der Waals surface area contributed by atoms with Crippen LogP contribution in [0.4, 0.5) is 0 Å². The number of terminal acetylenes is 1. The van der Waals surface area contributed by atoms with Crippen molar-refractivity contribution < 1.29 is 17.2 Å². The summed E-state index contributed by atoms with van der Waals surface area (Å²) in [5.74, 6) is 2.61. The SMILES string of the molecule is C#CCN[C@@H]1CCc2ccccc21.CCCCCCCCCCCCOS(=O)(=O)O. The zero-order chi connectivity index (χ0) is 22.1. The van der Waals surface area contributed by atoms with Crippen molar-refractivity contribution in [1.82, 2.24) is 5.32 Å². The fourth-order valence-electron chi connectivity index (χ4n) is 3.71. The van der Waals surface area contributed by atoms with Crippen molar-refractivity contribution in [2.24, 2.45) is 0 Å². The van der Waals surface area contributed by atoms with Gasteiger partial charge in [-0.15, -0.1) is 6.42 Å². The van der Waals surface area contributed by atoms with Crippen molar-refractivity contribution in [2.45, 2.75) is 90.0 Å². The van der Waals surface area contributed by atoms with E-state index in [9.17, 15) is 8.42 Å². The fourth-order valence-corrected chi connectivity index (χ4v) is 4.03. The summed E-state index contributed by atoms with van der Waals surface area (Å²) in [4.78, 5) is 0. The van der Waals surface area contributed by atoms with E-state index < -0.39 is 10.4 Å². The van der Waals surface area contributed by atoms with Gasteiger partial charge in [-0.3, -0.25) is 9.87 Å². The first kappa shape index (κ1) is 26.6. The highest BCUT2D eigenvalue weighted by Crippen LogP contribution is 2.30. The summed E-state index contributed by atoms with van der Waals surface area (Å²) in [6.07, 6.45) is 19.4. The molecular formula is C24H39NO4S. The van der Waals surface area contributed by atoms with Crippen LogP contribution in [-0.2, 0) is 21.0 Å². The minimum absolute atomic E-state index is 0.0926. The maximum atomic E-state index is 10.2. The summed E-state index contributed by atoms with van der Waals surface area (Å²) in [6, 6.07) is 9.06. The van der Waals surface area contributed by atoms with Crippen LogP contribution < -0.4 is 5.32 Å². The van der Waals surface area contributed by atoms with E-state index in [-0.39, 0.29) is 6.61 Å². The van der Waals surface area contributed by atoms with Crippen LogP contribution >= 0.6 is 0 Å². The lowest BCUT2D eigenvalue weighted by Crippen LogP contribution is -2.19. The van der Waals surface area contributed by atoms with Gasteiger partial charge in [0.25, 0.3) is 0 Å². The first-order valence-corrected chi connectivity index (χ1v) is 12.7. The molecule has 170 valence electrons. The standard InChI is InChI=1S/C12H13N.C12H26O4S/c1-2-9-13-12-8-7-10-5-3-4-6-11(10)12;1-2-3-4-5-6-7-8-9-10-11-12-16-17(13,14)15/h1,3-6,12-13H,7-9H2;2-12H2,1H3,(H,13,14,15)/t12-;/m1./s1. The molecule has 6 heteroatoms. The molecule has 0 fully saturated rings. The zero-order valence-corrected chi connectivity index (χ0v) is 19.3. The lowest BCUT2D eigenvalue weighted by atomic mass is 10.1. The van der Waals surface area contributed by atoms with Crippen molar-refractivity contribution >= 4 is 10.4 Å². The second-order valence-corrected chi connectivity index (χ2v) is 8.90. The molecule has 0 saturated carbocycles. The number of hydrogen-bond donors (Lipinski definition) is 2. The van der Waals surface area contributed by atoms with Gasteiger partial charge in [0.05, 0.1) is 13.2 Å². The minimum Gasteiger partial charge on any atom is -0.299 e. The Labute approximate surface area is 184 Å². The molecule has 30 heavy (non-hydrogen) atoms. The number of rotatable bonds is 14. The summed E-state index contributed by atoms with van der Waals surface area (Å²) in [5.41, 5.74) is 2.90. The third kappa shape index (κ3) is 13.0. The molecule has 1 atom stereocenters. The summed E-state index contributed by atoms with van der Waals surface area (Å²) in [7, 11) is -4.23. The highest BCUT2D eigenvalue weighted by atomic mass is 32.3. The van der Waals surface area contributed by atoms with E-state index in [2.05, 4.69) is 46.6 Å². The van der Waals surface area contributed by atoms with E-state index in [0.29, 0.717) is 19.0 Å². The lowest BCUT2D eigenvalue weighted by Gasteiger charge is -2.10. The van der Waals surface area contributed by atoms with Gasteiger partial charge in [0, 0.05) is 6.04 Å². The number of fused-ring (bicyclic) bond motifs is 1. The largest absolute Gasteiger partial charge is 0.397 e. The van der Waals surface area contributed by atoms with Crippen LogP contribution in [0.25, 0.3) is 0 Å². The number of unbranched alkanes of at least 4 members (excludes halogenated alkanes) is 9. The Hall–Kier alpha value is -1.39. The molecule has 2 N–H and O–H groups in total. The smallest absolute Gasteiger partial charge is 0.299 e. The van der Waals surface area contributed by atoms with Crippen LogP contribution in [0.1, 0.15) is 94.7 Å². The molecule has 2 rings (SSSR count). The molecule has 0 radical (unpaired) electrons. The number of nitrogens with one attached hydrogen (secondary N) is 1. The van der Waals surface area contributed by atoms with E-state index in [0.717, 1.165) is 12.8 Å². The topological polar surface area (TPSA) is 75.6 Å². The second kappa shape index (κ2) is 16.3. The average molecular weight is 438 g/mol. The maximum Gasteiger partial charge on any atom is 0.397 e. The fraction of sp³-hybridized carbons (Fsp3) is 0.667. The molecule has 5 nitrogen and oxygen atoms in total. The Morgan fingerprint density at radius 1 is 1.07 bits per heavy atom. The van der Waals surface area contributed by atoms with Gasteiger partial charge >= 0.3 is 10.4 Å². The molecule has 0 spiro atoms. The third-order valence-corrected chi connectivity index (χ3v) is 5.78. The number of benzene rings is 1. The first-order chi connectivity index (χ1) is 14.5. The van der Waals surface area contributed by atoms with E-state index >= 15 is 0 Å². The predicted octanol–water partition coefficient (Wildman–Crippen LogP) is 5.62. The highest BCUT2D eigenvalue weighted by Gasteiger charge is 2.20. The molecule has 0 heterocycles. The molecule has 1 aromatic carbocycles. The molecule has 1 aliphatic carbocycles. The number of aryl methyl sites for hydroxylation is 1. The Balaban J connectivity index is 0.000000308. The Morgan fingerprint density at radius 3 is 2.27 bits per heavy atom. The van der Waals surface area contributed by atoms with Gasteiger partial charge in [0.1, 0.15) is 0 Å². The van der Waals surface area contributed by atoms with Crippen LogP contribution in [0, 0.1) is 12.3 Å². The summed E-state index contributed by atoms with van der Waals surface area (Å²) < 4.78 is 33.0. The van der Waals surface area contributed by atoms with Gasteiger partial charge < -0.3 is 0 Å². The molecule has 1 aliphatic rings. The van der Waals surface area contributed by atoms with E-state index in [1.807, 2.05) is 0 Å². The average Bonchev–Trinajstić information content (AvgIpc) is 3.13. The van der Waals surface area contributed by atoms with Crippen LogP contribution in [-0.4, -0.2) is 26.1 Å². The molecular weight excluding hydrogens is 398 g/mol. The Morgan fingerprint density at radius 2 is 1.67 bits per heavy atom. The zero-order valence-electron chi connectivity index (χ0n) is 18.4. The van der Waals surface area contributed by atoms with Crippen LogP contribution in [0.15, 0.2) is 24.3 Å². The second-order valence-electron chi connectivity index (χ2n) is 7.81. The Bertz CT molecular complexity index is 712. The van der Waals surface area contributed by atoms with Gasteiger partial charge in [-0.2, -0.15) is 8.42 Å². The van der Waals surface area contributed by atoms with Crippen LogP contribution in [0.2, 0.25) is 0 Å². The predicted molar refractivity (Wildman–Crippen MR) is 124 cm³/mol. The maximum absolute atomic E-state index is 10.2. The highest BCUT2D eigenvalue weighted by molar-refractivity contribution is 7.80. The first-order valence-electron chi connectivity index (χ1n) is 11.3. The van der Waals surface area contributed by atoms with E-state index in [1.165, 1.54) is 68.9 Å². The van der Waals surface area contributed by atoms with Crippen molar-refractivity contribution in [3.8, 4) is 12.3 Å².